The summed E-state index contributed by atoms with van der Waals surface area (Å²) < 4.78 is 4.76. The highest BCUT2D eigenvalue weighted by molar-refractivity contribution is 5.94. The third-order valence-electron chi connectivity index (χ3n) is 8.35. The summed E-state index contributed by atoms with van der Waals surface area (Å²) in [5.74, 6) is -3.81. The van der Waals surface area contributed by atoms with E-state index >= 15 is 0 Å². The fourth-order valence-electron chi connectivity index (χ4n) is 5.48. The molecule has 11 N–H and O–H groups in total. The summed E-state index contributed by atoms with van der Waals surface area (Å²) >= 11 is 0. The van der Waals surface area contributed by atoms with Crippen molar-refractivity contribution in [2.75, 3.05) is 13.7 Å². The maximum atomic E-state index is 12.7. The number of phenolic OH excluding ortho intramolecular Hbond substituents is 1. The van der Waals surface area contributed by atoms with Crippen molar-refractivity contribution in [3.63, 3.8) is 0 Å². The van der Waals surface area contributed by atoms with Gasteiger partial charge in [0.2, 0.25) is 23.6 Å². The fourth-order valence-corrected chi connectivity index (χ4v) is 5.48. The van der Waals surface area contributed by atoms with E-state index in [1.165, 1.54) is 31.8 Å². The van der Waals surface area contributed by atoms with Crippen molar-refractivity contribution in [2.45, 2.75) is 62.3 Å². The number of aliphatic hydroxyl groups excluding tert-OH is 1. The van der Waals surface area contributed by atoms with Crippen molar-refractivity contribution in [3.8, 4) is 5.75 Å². The fraction of sp³-hybridized carbons (Fsp3) is 0.343. The van der Waals surface area contributed by atoms with E-state index in [1.54, 1.807) is 18.3 Å². The number of aromatic hydroxyl groups is 1. The smallest absolute Gasteiger partial charge is 0.328 e. The molecule has 3 heterocycles. The molecule has 4 aromatic rings. The zero-order valence-corrected chi connectivity index (χ0v) is 28.7. The first-order chi connectivity index (χ1) is 25.4. The number of carbonyl (C=O) groups is 6. The zero-order chi connectivity index (χ0) is 38.5. The molecule has 0 saturated carbocycles. The van der Waals surface area contributed by atoms with Gasteiger partial charge in [-0.05, 0) is 42.2 Å². The Bertz CT molecular complexity index is 1880. The lowest BCUT2D eigenvalue weighted by Crippen LogP contribution is -2.56. The Kier molecular flexibility index (Phi) is 14.0. The van der Waals surface area contributed by atoms with Crippen LogP contribution in [0.5, 0.6) is 5.75 Å². The summed E-state index contributed by atoms with van der Waals surface area (Å²) in [6.45, 7) is -0.690. The second kappa shape index (κ2) is 18.8. The number of aromatic nitrogens is 3. The SMILES string of the molecule is COC(=O)[C@H](Cc1ccc(O)cc1)NC(=O)[C@H](CO)NC(=O)[C@@H](N)Cc1c[nH]c2ccccc12.O=C1CCC(C(=O)NC(Cc2cnc[nH]2)C(=O)O)N1. The summed E-state index contributed by atoms with van der Waals surface area (Å²) in [5.41, 5.74) is 9.10. The lowest BCUT2D eigenvalue weighted by molar-refractivity contribution is -0.145. The number of aliphatic carboxylic acids is 1. The molecule has 53 heavy (non-hydrogen) atoms. The van der Waals surface area contributed by atoms with Crippen LogP contribution in [0.15, 0.2) is 67.3 Å². The topological polar surface area (TPSA) is 291 Å². The molecule has 18 heteroatoms. The summed E-state index contributed by atoms with van der Waals surface area (Å²) in [6, 6.07) is 8.69. The van der Waals surface area contributed by atoms with Crippen LogP contribution >= 0.6 is 0 Å². The molecule has 0 spiro atoms. The average Bonchev–Trinajstić information content (AvgIpc) is 3.93. The van der Waals surface area contributed by atoms with Crippen LogP contribution in [0.3, 0.4) is 0 Å². The molecule has 2 aromatic carbocycles. The quantitative estimate of drug-likeness (QED) is 0.0653. The molecule has 0 bridgehead atoms. The Balaban J connectivity index is 0.000000278. The summed E-state index contributed by atoms with van der Waals surface area (Å²) in [6.07, 6.45) is 5.82. The largest absolute Gasteiger partial charge is 0.508 e. The predicted octanol–water partition coefficient (Wildman–Crippen LogP) is -1.08. The number of para-hydroxylation sites is 1. The van der Waals surface area contributed by atoms with E-state index in [0.717, 1.165) is 16.5 Å². The van der Waals surface area contributed by atoms with Gasteiger partial charge in [0.1, 0.15) is 29.9 Å². The number of rotatable bonds is 15. The number of nitrogens with zero attached hydrogens (tertiary/aromatic N) is 1. The highest BCUT2D eigenvalue weighted by Gasteiger charge is 2.31. The first-order valence-corrected chi connectivity index (χ1v) is 16.6. The van der Waals surface area contributed by atoms with Crippen LogP contribution < -0.4 is 27.0 Å². The number of ether oxygens (including phenoxy) is 1. The van der Waals surface area contributed by atoms with E-state index in [1.807, 2.05) is 24.3 Å². The summed E-state index contributed by atoms with van der Waals surface area (Å²) in [5, 5.41) is 39.0. The Morgan fingerprint density at radius 2 is 1.66 bits per heavy atom. The number of carbonyl (C=O) groups excluding carboxylic acids is 5. The van der Waals surface area contributed by atoms with Gasteiger partial charge >= 0.3 is 11.9 Å². The molecule has 0 aliphatic carbocycles. The van der Waals surface area contributed by atoms with Crippen molar-refractivity contribution < 1.29 is 48.8 Å². The van der Waals surface area contributed by atoms with Crippen LogP contribution in [0.1, 0.15) is 29.7 Å². The number of methoxy groups -OCH3 is 1. The van der Waals surface area contributed by atoms with Crippen molar-refractivity contribution in [2.24, 2.45) is 5.73 Å². The predicted molar refractivity (Wildman–Crippen MR) is 188 cm³/mol. The molecule has 5 atom stereocenters. The molecule has 1 fully saturated rings. The molecule has 1 saturated heterocycles. The Hall–Kier alpha value is -6.27. The minimum atomic E-state index is -1.31. The van der Waals surface area contributed by atoms with Crippen molar-refractivity contribution in [1.82, 2.24) is 36.2 Å². The van der Waals surface area contributed by atoms with Crippen LogP contribution in [-0.2, 0) is 52.8 Å². The van der Waals surface area contributed by atoms with Crippen LogP contribution in [0, 0.1) is 0 Å². The van der Waals surface area contributed by atoms with Crippen LogP contribution in [0.2, 0.25) is 0 Å². The Labute approximate surface area is 302 Å². The third-order valence-corrected chi connectivity index (χ3v) is 8.35. The minimum Gasteiger partial charge on any atom is -0.508 e. The normalized spacial score (nSPS) is 15.8. The number of nitrogens with two attached hydrogens (primary N) is 1. The number of carboxylic acid groups (broad SMARTS) is 1. The molecule has 282 valence electrons. The second-order valence-electron chi connectivity index (χ2n) is 12.2. The van der Waals surface area contributed by atoms with E-state index in [0.29, 0.717) is 17.7 Å². The second-order valence-corrected chi connectivity index (χ2v) is 12.2. The van der Waals surface area contributed by atoms with Crippen LogP contribution in [-0.4, -0.2) is 110 Å². The number of imidazole rings is 1. The molecular weight excluding hydrogens is 692 g/mol. The first kappa shape index (κ1) is 39.5. The van der Waals surface area contributed by atoms with Gasteiger partial charge in [-0.25, -0.2) is 14.6 Å². The molecule has 18 nitrogen and oxygen atoms in total. The Morgan fingerprint density at radius 3 is 2.28 bits per heavy atom. The number of hydrogen-bond acceptors (Lipinski definition) is 11. The van der Waals surface area contributed by atoms with E-state index in [-0.39, 0.29) is 37.3 Å². The van der Waals surface area contributed by atoms with Crippen molar-refractivity contribution >= 4 is 46.5 Å². The lowest BCUT2D eigenvalue weighted by Gasteiger charge is -2.22. The van der Waals surface area contributed by atoms with Gasteiger partial charge in [-0.15, -0.1) is 0 Å². The van der Waals surface area contributed by atoms with Crippen molar-refractivity contribution in [3.05, 3.63) is 84.1 Å². The molecule has 5 rings (SSSR count). The number of hydrogen-bond donors (Lipinski definition) is 10. The molecular formula is C35H42N8O10. The number of benzene rings is 2. The maximum absolute atomic E-state index is 12.7. The van der Waals surface area contributed by atoms with Gasteiger partial charge in [-0.3, -0.25) is 19.2 Å². The van der Waals surface area contributed by atoms with Crippen LogP contribution in [0.25, 0.3) is 10.9 Å². The van der Waals surface area contributed by atoms with Gasteiger partial charge in [-0.2, -0.15) is 0 Å². The van der Waals surface area contributed by atoms with E-state index in [9.17, 15) is 39.0 Å². The third kappa shape index (κ3) is 11.4. The number of nitrogens with one attached hydrogen (secondary N) is 6. The van der Waals surface area contributed by atoms with Gasteiger partial charge in [0, 0.05) is 48.3 Å². The first-order valence-electron chi connectivity index (χ1n) is 16.6. The highest BCUT2D eigenvalue weighted by atomic mass is 16.5. The standard InChI is InChI=1S/C24H28N4O6.C11H14N4O4/c1-34-24(33)20(10-14-6-8-16(30)9-7-14)27-23(32)21(13-29)28-22(31)18(25)11-15-12-26-19-5-3-2-4-17(15)19;16-9-2-1-7(14-9)10(17)15-8(11(18)19)3-6-4-12-5-13-6/h2-9,12,18,20-21,26,29-30H,10-11,13,25H2,1H3,(H,27,32)(H,28,31);4-5,7-8H,1-3H2,(H,12,13)(H,14,16)(H,15,17)(H,18,19)/t18-,20-,21-;/m0./s1. The monoisotopic (exact) mass is 734 g/mol. The number of esters is 1. The molecule has 1 aliphatic heterocycles. The van der Waals surface area contributed by atoms with Gasteiger partial charge in [0.05, 0.1) is 26.1 Å². The highest BCUT2D eigenvalue weighted by Crippen LogP contribution is 2.19. The molecule has 2 aromatic heterocycles. The molecule has 1 aliphatic rings. The number of amides is 4. The number of carboxylic acids is 1. The number of H-pyrrole nitrogens is 2. The number of aliphatic hydroxyl groups is 1. The number of aromatic amines is 2. The molecule has 0 radical (unpaired) electrons. The van der Waals surface area contributed by atoms with Gasteiger partial charge < -0.3 is 57.0 Å². The molecule has 4 amide bonds. The van der Waals surface area contributed by atoms with E-state index in [4.69, 9.17) is 15.6 Å². The minimum absolute atomic E-state index is 0.0643. The van der Waals surface area contributed by atoms with E-state index in [2.05, 4.69) is 36.2 Å². The number of fused-ring (bicyclic) bond motifs is 1. The summed E-state index contributed by atoms with van der Waals surface area (Å²) in [4.78, 5) is 81.1. The van der Waals surface area contributed by atoms with Gasteiger partial charge in [-0.1, -0.05) is 30.3 Å². The van der Waals surface area contributed by atoms with Crippen LogP contribution in [0.4, 0.5) is 0 Å². The maximum Gasteiger partial charge on any atom is 0.328 e. The molecule has 2 unspecified atom stereocenters. The lowest BCUT2D eigenvalue weighted by atomic mass is 10.0. The van der Waals surface area contributed by atoms with Crippen molar-refractivity contribution in [1.29, 1.82) is 0 Å². The average molecular weight is 735 g/mol. The van der Waals surface area contributed by atoms with Gasteiger partial charge in [0.25, 0.3) is 0 Å². The number of phenols is 1. The Morgan fingerprint density at radius 1 is 0.943 bits per heavy atom. The zero-order valence-electron chi connectivity index (χ0n) is 28.7. The van der Waals surface area contributed by atoms with E-state index < -0.39 is 66.5 Å². The van der Waals surface area contributed by atoms with Gasteiger partial charge in [0.15, 0.2) is 0 Å². The summed E-state index contributed by atoms with van der Waals surface area (Å²) in [7, 11) is 1.19.